The van der Waals surface area contributed by atoms with Gasteiger partial charge in [-0.15, -0.1) is 11.3 Å². The van der Waals surface area contributed by atoms with Crippen molar-refractivity contribution in [2.24, 2.45) is 5.92 Å². The Kier molecular flexibility index (Phi) is 4.96. The molecule has 0 radical (unpaired) electrons. The number of aliphatic hydroxyl groups is 1. The molecule has 4 heteroatoms. The summed E-state index contributed by atoms with van der Waals surface area (Å²) >= 11 is 1.49. The molecule has 0 bridgehead atoms. The molecule has 1 amide bonds. The van der Waals surface area contributed by atoms with E-state index in [0.29, 0.717) is 12.3 Å². The van der Waals surface area contributed by atoms with Gasteiger partial charge < -0.3 is 10.4 Å². The maximum Gasteiger partial charge on any atom is 0.261 e. The molecule has 1 aromatic heterocycles. The van der Waals surface area contributed by atoms with E-state index in [1.165, 1.54) is 11.3 Å². The number of aliphatic hydroxyl groups excluding tert-OH is 1. The maximum atomic E-state index is 11.9. The number of carbonyl (C=O) groups excluding carboxylic acids is 1. The topological polar surface area (TPSA) is 49.3 Å². The van der Waals surface area contributed by atoms with Crippen molar-refractivity contribution in [2.75, 3.05) is 6.61 Å². The maximum absolute atomic E-state index is 11.9. The molecule has 0 saturated heterocycles. The largest absolute Gasteiger partial charge is 0.396 e. The first-order chi connectivity index (χ1) is 7.54. The van der Waals surface area contributed by atoms with Crippen LogP contribution < -0.4 is 5.32 Å². The lowest BCUT2D eigenvalue weighted by atomic mass is 10.0. The lowest BCUT2D eigenvalue weighted by Crippen LogP contribution is -2.38. The molecule has 0 fully saturated rings. The third-order valence-electron chi connectivity index (χ3n) is 2.53. The summed E-state index contributed by atoms with van der Waals surface area (Å²) in [6, 6.07) is 3.82. The highest BCUT2D eigenvalue weighted by Crippen LogP contribution is 2.16. The molecule has 0 aliphatic heterocycles. The molecule has 0 spiro atoms. The second kappa shape index (κ2) is 6.01. The molecule has 16 heavy (non-hydrogen) atoms. The number of nitrogens with one attached hydrogen (secondary N) is 1. The van der Waals surface area contributed by atoms with Gasteiger partial charge in [0, 0.05) is 17.5 Å². The third-order valence-corrected chi connectivity index (χ3v) is 3.52. The molecule has 0 aliphatic rings. The Bertz CT molecular complexity index is 347. The van der Waals surface area contributed by atoms with E-state index in [4.69, 9.17) is 5.11 Å². The van der Waals surface area contributed by atoms with Crippen LogP contribution >= 0.6 is 11.3 Å². The van der Waals surface area contributed by atoms with Crippen molar-refractivity contribution in [1.82, 2.24) is 5.32 Å². The van der Waals surface area contributed by atoms with Crippen molar-refractivity contribution in [3.63, 3.8) is 0 Å². The highest BCUT2D eigenvalue weighted by atomic mass is 32.1. The van der Waals surface area contributed by atoms with E-state index in [1.807, 2.05) is 32.9 Å². The zero-order valence-corrected chi connectivity index (χ0v) is 10.8. The molecular formula is C12H19NO2S. The number of thiophene rings is 1. The van der Waals surface area contributed by atoms with Crippen LogP contribution in [0.2, 0.25) is 0 Å². The van der Waals surface area contributed by atoms with Gasteiger partial charge in [-0.3, -0.25) is 4.79 Å². The predicted molar refractivity (Wildman–Crippen MR) is 66.9 cm³/mol. The number of rotatable bonds is 5. The second-order valence-electron chi connectivity index (χ2n) is 4.25. The summed E-state index contributed by atoms with van der Waals surface area (Å²) in [5, 5.41) is 11.9. The fourth-order valence-electron chi connectivity index (χ4n) is 1.51. The van der Waals surface area contributed by atoms with Gasteiger partial charge in [-0.2, -0.15) is 0 Å². The zero-order chi connectivity index (χ0) is 12.1. The minimum absolute atomic E-state index is 0.0368. The molecule has 1 rings (SSSR count). The van der Waals surface area contributed by atoms with E-state index in [1.54, 1.807) is 0 Å². The van der Waals surface area contributed by atoms with Gasteiger partial charge in [-0.05, 0) is 31.4 Å². The lowest BCUT2D eigenvalue weighted by Gasteiger charge is -2.21. The summed E-state index contributed by atoms with van der Waals surface area (Å²) in [6.45, 7) is 6.17. The summed E-state index contributed by atoms with van der Waals surface area (Å²) in [5.41, 5.74) is 0. The minimum Gasteiger partial charge on any atom is -0.396 e. The van der Waals surface area contributed by atoms with Crippen molar-refractivity contribution in [3.05, 3.63) is 21.9 Å². The van der Waals surface area contributed by atoms with Crippen LogP contribution in [0.25, 0.3) is 0 Å². The molecule has 0 aliphatic carbocycles. The van der Waals surface area contributed by atoms with Crippen molar-refractivity contribution in [1.29, 1.82) is 0 Å². The van der Waals surface area contributed by atoms with Crippen molar-refractivity contribution >= 4 is 17.2 Å². The van der Waals surface area contributed by atoms with Gasteiger partial charge in [-0.25, -0.2) is 0 Å². The summed E-state index contributed by atoms with van der Waals surface area (Å²) < 4.78 is 0. The molecule has 2 N–H and O–H groups in total. The van der Waals surface area contributed by atoms with Crippen LogP contribution in [-0.2, 0) is 0 Å². The Morgan fingerprint density at radius 3 is 2.62 bits per heavy atom. The van der Waals surface area contributed by atoms with E-state index < -0.39 is 0 Å². The van der Waals surface area contributed by atoms with Crippen LogP contribution in [0, 0.1) is 12.8 Å². The van der Waals surface area contributed by atoms with Crippen LogP contribution in [0.1, 0.15) is 34.8 Å². The zero-order valence-electron chi connectivity index (χ0n) is 9.99. The lowest BCUT2D eigenvalue weighted by molar-refractivity contribution is 0.0921. The molecule has 3 nitrogen and oxygen atoms in total. The summed E-state index contributed by atoms with van der Waals surface area (Å²) in [6.07, 6.45) is 0.605. The average Bonchev–Trinajstić information content (AvgIpc) is 2.64. The fourth-order valence-corrected chi connectivity index (χ4v) is 2.28. The van der Waals surface area contributed by atoms with Gasteiger partial charge in [-0.1, -0.05) is 13.8 Å². The van der Waals surface area contributed by atoms with Crippen LogP contribution in [0.15, 0.2) is 12.1 Å². The third kappa shape index (κ3) is 3.61. The monoisotopic (exact) mass is 241 g/mol. The molecule has 1 heterocycles. The first-order valence-electron chi connectivity index (χ1n) is 5.52. The highest BCUT2D eigenvalue weighted by Gasteiger charge is 2.17. The van der Waals surface area contributed by atoms with Crippen LogP contribution in [0.3, 0.4) is 0 Å². The van der Waals surface area contributed by atoms with Gasteiger partial charge in [0.1, 0.15) is 0 Å². The first-order valence-corrected chi connectivity index (χ1v) is 6.34. The van der Waals surface area contributed by atoms with Crippen LogP contribution in [0.4, 0.5) is 0 Å². The Hall–Kier alpha value is -0.870. The summed E-state index contributed by atoms with van der Waals surface area (Å²) in [4.78, 5) is 13.7. The molecular weight excluding hydrogens is 222 g/mol. The number of hydrogen-bond acceptors (Lipinski definition) is 3. The Labute approximate surface area is 100 Å². The first kappa shape index (κ1) is 13.2. The van der Waals surface area contributed by atoms with Crippen LogP contribution in [0.5, 0.6) is 0 Å². The Morgan fingerprint density at radius 1 is 1.50 bits per heavy atom. The average molecular weight is 241 g/mol. The molecule has 1 atom stereocenters. The molecule has 1 aromatic rings. The van der Waals surface area contributed by atoms with Gasteiger partial charge >= 0.3 is 0 Å². The fraction of sp³-hybridized carbons (Fsp3) is 0.583. The number of carbonyl (C=O) groups is 1. The van der Waals surface area contributed by atoms with Crippen molar-refractivity contribution in [2.45, 2.75) is 33.2 Å². The molecule has 1 unspecified atom stereocenters. The Morgan fingerprint density at radius 2 is 2.19 bits per heavy atom. The van der Waals surface area contributed by atoms with E-state index in [-0.39, 0.29) is 18.6 Å². The van der Waals surface area contributed by atoms with Crippen LogP contribution in [-0.4, -0.2) is 23.7 Å². The quantitative estimate of drug-likeness (QED) is 0.830. The highest BCUT2D eigenvalue weighted by molar-refractivity contribution is 7.13. The Balaban J connectivity index is 2.61. The predicted octanol–water partition coefficient (Wildman–Crippen LogP) is 2.19. The van der Waals surface area contributed by atoms with E-state index in [9.17, 15) is 4.79 Å². The molecule has 0 aromatic carbocycles. The van der Waals surface area contributed by atoms with Gasteiger partial charge in [0.25, 0.3) is 5.91 Å². The number of amides is 1. The minimum atomic E-state index is -0.0368. The van der Waals surface area contributed by atoms with Gasteiger partial charge in [0.05, 0.1) is 4.88 Å². The van der Waals surface area contributed by atoms with Gasteiger partial charge in [0.2, 0.25) is 0 Å². The van der Waals surface area contributed by atoms with Crippen molar-refractivity contribution < 1.29 is 9.90 Å². The molecule has 0 saturated carbocycles. The second-order valence-corrected chi connectivity index (χ2v) is 5.53. The van der Waals surface area contributed by atoms with E-state index in [0.717, 1.165) is 9.75 Å². The smallest absolute Gasteiger partial charge is 0.261 e. The van der Waals surface area contributed by atoms with Crippen molar-refractivity contribution in [3.8, 4) is 0 Å². The number of hydrogen-bond donors (Lipinski definition) is 2. The molecule has 90 valence electrons. The summed E-state index contributed by atoms with van der Waals surface area (Å²) in [5.74, 6) is 0.294. The number of aryl methyl sites for hydroxylation is 1. The van der Waals surface area contributed by atoms with E-state index >= 15 is 0 Å². The normalized spacial score (nSPS) is 12.8. The summed E-state index contributed by atoms with van der Waals surface area (Å²) in [7, 11) is 0. The standard InChI is InChI=1S/C12H19NO2S/c1-8(2)10(6-7-14)13-12(15)11-5-4-9(3)16-11/h4-5,8,10,14H,6-7H2,1-3H3,(H,13,15). The van der Waals surface area contributed by atoms with E-state index in [2.05, 4.69) is 5.32 Å². The van der Waals surface area contributed by atoms with Gasteiger partial charge in [0.15, 0.2) is 0 Å². The SMILES string of the molecule is Cc1ccc(C(=O)NC(CCO)C(C)C)s1.